The molecule has 2 N–H and O–H groups in total. The molecule has 0 saturated carbocycles. The van der Waals surface area contributed by atoms with Gasteiger partial charge in [-0.3, -0.25) is 9.05 Å². The van der Waals surface area contributed by atoms with Gasteiger partial charge < -0.3 is 4.52 Å². The summed E-state index contributed by atoms with van der Waals surface area (Å²) >= 11 is 0. The first kappa shape index (κ1) is 16.1. The SMILES string of the molecule is CCOP(=O)(OCC)Oc1cccc(S(N)(=O)=O)c1. The number of rotatable bonds is 7. The van der Waals surface area contributed by atoms with Crippen LogP contribution in [-0.2, 0) is 23.6 Å². The molecule has 0 spiro atoms. The van der Waals surface area contributed by atoms with Gasteiger partial charge in [0.05, 0.1) is 18.1 Å². The molecule has 108 valence electrons. The lowest BCUT2D eigenvalue weighted by atomic mass is 10.3. The largest absolute Gasteiger partial charge is 0.530 e. The van der Waals surface area contributed by atoms with Gasteiger partial charge >= 0.3 is 7.82 Å². The molecule has 9 heteroatoms. The second-order valence-electron chi connectivity index (χ2n) is 3.39. The van der Waals surface area contributed by atoms with E-state index in [0.717, 1.165) is 6.07 Å². The third-order valence-corrected chi connectivity index (χ3v) is 4.42. The fourth-order valence-corrected chi connectivity index (χ4v) is 2.98. The van der Waals surface area contributed by atoms with E-state index in [2.05, 4.69) is 0 Å². The lowest BCUT2D eigenvalue weighted by molar-refractivity contribution is 0.167. The van der Waals surface area contributed by atoms with Crippen LogP contribution < -0.4 is 9.66 Å². The maximum Gasteiger partial charge on any atom is 0.530 e. The van der Waals surface area contributed by atoms with Crippen LogP contribution in [0.1, 0.15) is 13.8 Å². The Balaban J connectivity index is 3.01. The van der Waals surface area contributed by atoms with Crippen LogP contribution in [0.15, 0.2) is 29.2 Å². The Bertz CT molecular complexity index is 563. The summed E-state index contributed by atoms with van der Waals surface area (Å²) in [5.41, 5.74) is 0. The van der Waals surface area contributed by atoms with Crippen LogP contribution in [0.3, 0.4) is 0 Å². The molecule has 0 heterocycles. The quantitative estimate of drug-likeness (QED) is 0.771. The highest BCUT2D eigenvalue weighted by Crippen LogP contribution is 2.49. The van der Waals surface area contributed by atoms with Gasteiger partial charge in [0.1, 0.15) is 5.75 Å². The van der Waals surface area contributed by atoms with Gasteiger partial charge in [-0.05, 0) is 26.0 Å². The van der Waals surface area contributed by atoms with Crippen molar-refractivity contribution >= 4 is 17.8 Å². The summed E-state index contributed by atoms with van der Waals surface area (Å²) < 4.78 is 49.5. The third kappa shape index (κ3) is 4.93. The molecule has 0 unspecified atom stereocenters. The summed E-state index contributed by atoms with van der Waals surface area (Å²) in [6, 6.07) is 5.30. The number of phosphoric acid groups is 1. The molecule has 0 amide bonds. The monoisotopic (exact) mass is 309 g/mol. The Kier molecular flexibility index (Phi) is 5.51. The average Bonchev–Trinajstić information content (AvgIpc) is 2.28. The maximum atomic E-state index is 12.1. The van der Waals surface area contributed by atoms with Gasteiger partial charge in [-0.1, -0.05) is 6.07 Å². The highest BCUT2D eigenvalue weighted by atomic mass is 32.2. The van der Waals surface area contributed by atoms with Crippen molar-refractivity contribution in [2.75, 3.05) is 13.2 Å². The van der Waals surface area contributed by atoms with E-state index in [1.54, 1.807) is 13.8 Å². The van der Waals surface area contributed by atoms with E-state index in [9.17, 15) is 13.0 Å². The topological polar surface area (TPSA) is 105 Å². The molecule has 0 aliphatic rings. The van der Waals surface area contributed by atoms with E-state index < -0.39 is 17.8 Å². The zero-order valence-electron chi connectivity index (χ0n) is 10.6. The minimum Gasteiger partial charge on any atom is -0.404 e. The van der Waals surface area contributed by atoms with Crippen LogP contribution in [0.4, 0.5) is 0 Å². The number of hydrogen-bond acceptors (Lipinski definition) is 6. The standard InChI is InChI=1S/C10H16NO6PS/c1-3-15-18(12,16-4-2)17-9-6-5-7-10(8-9)19(11,13)14/h5-8H,3-4H2,1-2H3,(H2,11,13,14). The molecule has 19 heavy (non-hydrogen) atoms. The fraction of sp³-hybridized carbons (Fsp3) is 0.400. The Morgan fingerprint density at radius 3 is 2.26 bits per heavy atom. The van der Waals surface area contributed by atoms with Gasteiger partial charge in [0, 0.05) is 6.07 Å². The van der Waals surface area contributed by atoms with Crippen molar-refractivity contribution < 1.29 is 26.6 Å². The Hall–Kier alpha value is -0.920. The average molecular weight is 309 g/mol. The summed E-state index contributed by atoms with van der Waals surface area (Å²) in [6.45, 7) is 3.53. The first-order valence-electron chi connectivity index (χ1n) is 5.52. The second-order valence-corrected chi connectivity index (χ2v) is 6.55. The van der Waals surface area contributed by atoms with Crippen LogP contribution in [0.25, 0.3) is 0 Å². The minimum atomic E-state index is -3.86. The van der Waals surface area contributed by atoms with Crippen molar-refractivity contribution in [3.05, 3.63) is 24.3 Å². The lowest BCUT2D eigenvalue weighted by Gasteiger charge is -2.17. The van der Waals surface area contributed by atoms with Crippen LogP contribution in [-0.4, -0.2) is 21.6 Å². The van der Waals surface area contributed by atoms with Crippen molar-refractivity contribution in [3.8, 4) is 5.75 Å². The number of nitrogens with two attached hydrogens (primary N) is 1. The molecule has 0 saturated heterocycles. The second kappa shape index (κ2) is 6.49. The highest BCUT2D eigenvalue weighted by molar-refractivity contribution is 7.89. The van der Waals surface area contributed by atoms with E-state index in [1.807, 2.05) is 0 Å². The lowest BCUT2D eigenvalue weighted by Crippen LogP contribution is -2.12. The smallest absolute Gasteiger partial charge is 0.404 e. The predicted octanol–water partition coefficient (Wildman–Crippen LogP) is 1.89. The Morgan fingerprint density at radius 1 is 1.21 bits per heavy atom. The Labute approximate surface area is 112 Å². The van der Waals surface area contributed by atoms with Crippen molar-refractivity contribution in [3.63, 3.8) is 0 Å². The van der Waals surface area contributed by atoms with Crippen molar-refractivity contribution in [2.45, 2.75) is 18.7 Å². The van der Waals surface area contributed by atoms with Gasteiger partial charge in [0.15, 0.2) is 0 Å². The summed E-state index contributed by atoms with van der Waals surface area (Å²) in [6.07, 6.45) is 0. The Morgan fingerprint density at radius 2 is 1.79 bits per heavy atom. The first-order valence-corrected chi connectivity index (χ1v) is 8.53. The number of sulfonamides is 1. The summed E-state index contributed by atoms with van der Waals surface area (Å²) in [4.78, 5) is -0.149. The van der Waals surface area contributed by atoms with Crippen molar-refractivity contribution in [1.29, 1.82) is 0 Å². The van der Waals surface area contributed by atoms with Gasteiger partial charge in [-0.25, -0.2) is 18.1 Å². The maximum absolute atomic E-state index is 12.1. The summed E-state index contributed by atoms with van der Waals surface area (Å²) in [7, 11) is -7.61. The van der Waals surface area contributed by atoms with Gasteiger partial charge in [-0.2, -0.15) is 0 Å². The summed E-state index contributed by atoms with van der Waals surface area (Å²) in [5.74, 6) is 0.0387. The molecular weight excluding hydrogens is 293 g/mol. The van der Waals surface area contributed by atoms with Crippen LogP contribution in [0.2, 0.25) is 0 Å². The highest BCUT2D eigenvalue weighted by Gasteiger charge is 2.27. The molecule has 1 aromatic rings. The molecular formula is C10H16NO6PS. The molecule has 0 radical (unpaired) electrons. The first-order chi connectivity index (χ1) is 8.80. The molecule has 1 rings (SSSR count). The predicted molar refractivity (Wildman–Crippen MR) is 69.3 cm³/mol. The van der Waals surface area contributed by atoms with Crippen LogP contribution >= 0.6 is 7.82 Å². The van der Waals surface area contributed by atoms with Gasteiger partial charge in [0.2, 0.25) is 10.0 Å². The van der Waals surface area contributed by atoms with Crippen LogP contribution in [0, 0.1) is 0 Å². The van der Waals surface area contributed by atoms with E-state index in [4.69, 9.17) is 18.7 Å². The number of phosphoric ester groups is 1. The minimum absolute atomic E-state index is 0.0387. The number of benzene rings is 1. The molecule has 1 aromatic carbocycles. The van der Waals surface area contributed by atoms with Crippen molar-refractivity contribution in [1.82, 2.24) is 0 Å². The van der Waals surface area contributed by atoms with E-state index in [0.29, 0.717) is 0 Å². The van der Waals surface area contributed by atoms with E-state index >= 15 is 0 Å². The normalized spacial score (nSPS) is 12.4. The molecule has 7 nitrogen and oxygen atoms in total. The molecule has 0 fully saturated rings. The molecule has 0 aliphatic carbocycles. The fourth-order valence-electron chi connectivity index (χ4n) is 1.24. The molecule has 0 aliphatic heterocycles. The molecule has 0 atom stereocenters. The van der Waals surface area contributed by atoms with Crippen LogP contribution in [0.5, 0.6) is 5.75 Å². The molecule has 0 aromatic heterocycles. The zero-order valence-corrected chi connectivity index (χ0v) is 12.3. The van der Waals surface area contributed by atoms with Gasteiger partial charge in [-0.15, -0.1) is 0 Å². The third-order valence-electron chi connectivity index (χ3n) is 1.93. The van der Waals surface area contributed by atoms with E-state index in [-0.39, 0.29) is 23.9 Å². The number of primary sulfonamides is 1. The summed E-state index contributed by atoms with van der Waals surface area (Å²) in [5, 5.41) is 4.99. The molecule has 0 bridgehead atoms. The van der Waals surface area contributed by atoms with E-state index in [1.165, 1.54) is 18.2 Å². The number of hydrogen-bond donors (Lipinski definition) is 1. The van der Waals surface area contributed by atoms with Gasteiger partial charge in [0.25, 0.3) is 0 Å². The zero-order chi connectivity index (χ0) is 14.5. The van der Waals surface area contributed by atoms with Crippen molar-refractivity contribution in [2.24, 2.45) is 5.14 Å².